The lowest BCUT2D eigenvalue weighted by atomic mass is 11.8. The van der Waals surface area contributed by atoms with Gasteiger partial charge in [0.1, 0.15) is 0 Å². The van der Waals surface area contributed by atoms with E-state index in [0.29, 0.717) is 7.11 Å². The van der Waals surface area contributed by atoms with Gasteiger partial charge in [0.2, 0.25) is 0 Å². The van der Waals surface area contributed by atoms with Gasteiger partial charge in [-0.1, -0.05) is 7.96 Å². The van der Waals surface area contributed by atoms with Crippen molar-refractivity contribution in [3.05, 3.63) is 0 Å². The Labute approximate surface area is 62.9 Å². The normalized spacial score (nSPS) is 13.3. The summed E-state index contributed by atoms with van der Waals surface area (Å²) in [5, 5.41) is 7.52. The highest BCUT2D eigenvalue weighted by Crippen LogP contribution is 2.01. The second kappa shape index (κ2) is 3.42. The van der Waals surface area contributed by atoms with Crippen LogP contribution in [-0.4, -0.2) is 29.2 Å². The zero-order chi connectivity index (χ0) is 9.12. The molecule has 0 aliphatic carbocycles. The van der Waals surface area contributed by atoms with Gasteiger partial charge in [0.25, 0.3) is 0 Å². The van der Waals surface area contributed by atoms with E-state index in [9.17, 15) is 16.8 Å². The van der Waals surface area contributed by atoms with Crippen molar-refractivity contribution < 1.29 is 34.2 Å². The molecule has 0 heterocycles. The van der Waals surface area contributed by atoms with Crippen molar-refractivity contribution in [3.63, 3.8) is 0 Å². The molecule has 0 amide bonds. The minimum absolute atomic E-state index is 0.669. The van der Waals surface area contributed by atoms with E-state index in [1.807, 2.05) is 0 Å². The monoisotopic (exact) mass is 208 g/mol. The topological polar surface area (TPSA) is 116 Å². The Hall–Kier alpha value is -0.260. The minimum Gasteiger partial charge on any atom is -0.251 e. The summed E-state index contributed by atoms with van der Waals surface area (Å²) >= 11 is 0. The molecule has 0 saturated heterocycles. The van der Waals surface area contributed by atoms with Crippen molar-refractivity contribution >= 4 is 20.8 Å². The van der Waals surface area contributed by atoms with Crippen molar-refractivity contribution in [1.82, 2.24) is 0 Å². The van der Waals surface area contributed by atoms with Crippen LogP contribution < -0.4 is 0 Å². The smallest absolute Gasteiger partial charge is 0.251 e. The Bertz CT molecular complexity index is 261. The van der Waals surface area contributed by atoms with Crippen molar-refractivity contribution in [2.24, 2.45) is 0 Å². The van der Waals surface area contributed by atoms with Crippen LogP contribution in [0.25, 0.3) is 0 Å². The maximum Gasteiger partial charge on any atom is 0.442 e. The molecule has 0 fully saturated rings. The Morgan fingerprint density at radius 1 is 1.09 bits per heavy atom. The fourth-order valence-electron chi connectivity index (χ4n) is 0.142. The van der Waals surface area contributed by atoms with E-state index in [1.165, 1.54) is 0 Å². The molecule has 0 rings (SSSR count). The highest BCUT2D eigenvalue weighted by Gasteiger charge is 2.23. The Balaban J connectivity index is 4.54. The summed E-state index contributed by atoms with van der Waals surface area (Å²) in [5.74, 6) is 0. The van der Waals surface area contributed by atoms with Crippen LogP contribution in [0.1, 0.15) is 0 Å². The molecule has 0 radical (unpaired) electrons. The summed E-state index contributed by atoms with van der Waals surface area (Å²) < 4.78 is 49.8. The standard InChI is InChI=1S/CH4O8S2/c1-7-10(3,4)9-11(5,6)8-2/h2H,1H3. The molecule has 0 bridgehead atoms. The summed E-state index contributed by atoms with van der Waals surface area (Å²) in [7, 11) is -8.94. The molecular formula is CH4O8S2. The fraction of sp³-hybridized carbons (Fsp3) is 1.00. The average Bonchev–Trinajstić information content (AvgIpc) is 1.86. The highest BCUT2D eigenvalue weighted by atomic mass is 32.3. The Kier molecular flexibility index (Phi) is 3.34. The molecule has 10 heteroatoms. The minimum atomic E-state index is -4.95. The average molecular weight is 208 g/mol. The van der Waals surface area contributed by atoms with Crippen molar-refractivity contribution in [2.45, 2.75) is 0 Å². The van der Waals surface area contributed by atoms with Gasteiger partial charge in [-0.3, -0.25) is 4.18 Å². The fourth-order valence-corrected chi connectivity index (χ4v) is 1.28. The van der Waals surface area contributed by atoms with Gasteiger partial charge >= 0.3 is 20.8 Å². The molecule has 0 spiro atoms. The first-order valence-electron chi connectivity index (χ1n) is 1.92. The van der Waals surface area contributed by atoms with E-state index >= 15 is 0 Å². The molecular weight excluding hydrogens is 204 g/mol. The van der Waals surface area contributed by atoms with Crippen molar-refractivity contribution in [3.8, 4) is 0 Å². The molecule has 0 aromatic heterocycles. The lowest BCUT2D eigenvalue weighted by Crippen LogP contribution is -2.15. The summed E-state index contributed by atoms with van der Waals surface area (Å²) in [5.41, 5.74) is 0. The SMILES string of the molecule is COS(=O)(=O)OS(=O)(=O)OO. The molecule has 68 valence electrons. The quantitative estimate of drug-likeness (QED) is 0.444. The van der Waals surface area contributed by atoms with Gasteiger partial charge in [0.05, 0.1) is 7.11 Å². The maximum absolute atomic E-state index is 10.2. The lowest BCUT2D eigenvalue weighted by Gasteiger charge is -1.97. The molecule has 0 aliphatic rings. The number of hydrogen-bond acceptors (Lipinski definition) is 8. The predicted molar refractivity (Wildman–Crippen MR) is 29.6 cm³/mol. The van der Waals surface area contributed by atoms with Gasteiger partial charge < -0.3 is 0 Å². The van der Waals surface area contributed by atoms with Crippen LogP contribution in [0.4, 0.5) is 0 Å². The van der Waals surface area contributed by atoms with Gasteiger partial charge in [-0.2, -0.15) is 16.8 Å². The maximum atomic E-state index is 10.2. The molecule has 0 aromatic rings. The second-order valence-corrected chi connectivity index (χ2v) is 3.79. The first-order chi connectivity index (χ1) is 4.83. The second-order valence-electron chi connectivity index (χ2n) is 1.13. The van der Waals surface area contributed by atoms with E-state index in [0.717, 1.165) is 0 Å². The third-order valence-electron chi connectivity index (χ3n) is 0.462. The molecule has 0 atom stereocenters. The van der Waals surface area contributed by atoms with Gasteiger partial charge in [-0.15, -0.1) is 0 Å². The lowest BCUT2D eigenvalue weighted by molar-refractivity contribution is -0.138. The summed E-state index contributed by atoms with van der Waals surface area (Å²) in [6, 6.07) is 0. The zero-order valence-corrected chi connectivity index (χ0v) is 6.75. The van der Waals surface area contributed by atoms with Gasteiger partial charge in [-0.25, -0.2) is 5.26 Å². The third kappa shape index (κ3) is 4.23. The number of rotatable bonds is 4. The van der Waals surface area contributed by atoms with E-state index in [2.05, 4.69) is 12.1 Å². The predicted octanol–water partition coefficient (Wildman–Crippen LogP) is -1.37. The van der Waals surface area contributed by atoms with Crippen LogP contribution in [0, 0.1) is 0 Å². The van der Waals surface area contributed by atoms with Crippen LogP contribution in [0.5, 0.6) is 0 Å². The van der Waals surface area contributed by atoms with Crippen LogP contribution >= 0.6 is 0 Å². The molecule has 8 nitrogen and oxygen atoms in total. The molecule has 0 aromatic carbocycles. The van der Waals surface area contributed by atoms with Crippen LogP contribution in [0.3, 0.4) is 0 Å². The summed E-state index contributed by atoms with van der Waals surface area (Å²) in [6.07, 6.45) is 0. The summed E-state index contributed by atoms with van der Waals surface area (Å²) in [4.78, 5) is 0. The summed E-state index contributed by atoms with van der Waals surface area (Å²) in [6.45, 7) is 0. The molecule has 1 N–H and O–H groups in total. The molecule has 11 heavy (non-hydrogen) atoms. The highest BCUT2D eigenvalue weighted by molar-refractivity contribution is 7.95. The van der Waals surface area contributed by atoms with Gasteiger partial charge in [-0.05, 0) is 0 Å². The molecule has 0 unspecified atom stereocenters. The van der Waals surface area contributed by atoms with E-state index in [1.54, 1.807) is 0 Å². The molecule has 0 aliphatic heterocycles. The van der Waals surface area contributed by atoms with Crippen LogP contribution in [0.2, 0.25) is 0 Å². The first kappa shape index (κ1) is 10.7. The van der Waals surface area contributed by atoms with Gasteiger partial charge in [0.15, 0.2) is 0 Å². The van der Waals surface area contributed by atoms with Gasteiger partial charge in [0, 0.05) is 0 Å². The van der Waals surface area contributed by atoms with Crippen LogP contribution in [0.15, 0.2) is 0 Å². The van der Waals surface area contributed by atoms with Crippen LogP contribution in [-0.2, 0) is 32.9 Å². The largest absolute Gasteiger partial charge is 0.442 e. The third-order valence-corrected chi connectivity index (χ3v) is 2.39. The first-order valence-corrected chi connectivity index (χ1v) is 4.59. The van der Waals surface area contributed by atoms with E-state index in [-0.39, 0.29) is 0 Å². The zero-order valence-electron chi connectivity index (χ0n) is 5.12. The van der Waals surface area contributed by atoms with E-state index in [4.69, 9.17) is 5.26 Å². The van der Waals surface area contributed by atoms with E-state index < -0.39 is 20.8 Å². The Morgan fingerprint density at radius 2 is 1.55 bits per heavy atom. The van der Waals surface area contributed by atoms with Crippen molar-refractivity contribution in [2.75, 3.05) is 7.11 Å². The number of hydrogen-bond donors (Lipinski definition) is 1. The molecule has 0 saturated carbocycles. The van der Waals surface area contributed by atoms with Crippen molar-refractivity contribution in [1.29, 1.82) is 0 Å². The Morgan fingerprint density at radius 3 is 1.82 bits per heavy atom.